The fourth-order valence-corrected chi connectivity index (χ4v) is 6.72. The van der Waals surface area contributed by atoms with E-state index in [1.165, 1.54) is 50.8 Å². The van der Waals surface area contributed by atoms with E-state index in [1.807, 2.05) is 6.07 Å². The number of piperidine rings is 1. The van der Waals surface area contributed by atoms with Gasteiger partial charge in [-0.25, -0.2) is 0 Å². The van der Waals surface area contributed by atoms with Gasteiger partial charge in [0.1, 0.15) is 0 Å². The highest BCUT2D eigenvalue weighted by Crippen LogP contribution is 2.46. The lowest BCUT2D eigenvalue weighted by atomic mass is 9.68. The number of rotatable bonds is 6. The van der Waals surface area contributed by atoms with E-state index in [2.05, 4.69) is 58.7 Å². The lowest BCUT2D eigenvalue weighted by molar-refractivity contribution is -0.128. The number of carbonyl (C=O) groups is 1. The van der Waals surface area contributed by atoms with Crippen LogP contribution in [-0.4, -0.2) is 37.0 Å². The van der Waals surface area contributed by atoms with E-state index in [0.717, 1.165) is 45.2 Å². The van der Waals surface area contributed by atoms with Crippen molar-refractivity contribution in [1.29, 1.82) is 0 Å². The van der Waals surface area contributed by atoms with Crippen molar-refractivity contribution in [2.24, 2.45) is 0 Å². The van der Waals surface area contributed by atoms with Crippen molar-refractivity contribution < 1.29 is 4.79 Å². The van der Waals surface area contributed by atoms with Gasteiger partial charge in [-0.15, -0.1) is 0 Å². The Balaban J connectivity index is 1.11. The maximum Gasteiger partial charge on any atom is 0.230 e. The molecule has 2 aromatic carbocycles. The minimum absolute atomic E-state index is 0.253. The average Bonchev–Trinajstić information content (AvgIpc) is 3.22. The zero-order chi connectivity index (χ0) is 21.9. The summed E-state index contributed by atoms with van der Waals surface area (Å²) in [7, 11) is 0. The van der Waals surface area contributed by atoms with Crippen molar-refractivity contribution in [2.45, 2.75) is 75.0 Å². The number of nitrogens with one attached hydrogen (secondary N) is 1. The smallest absolute Gasteiger partial charge is 0.230 e. The molecule has 170 valence electrons. The molecule has 0 unspecified atom stereocenters. The van der Waals surface area contributed by atoms with Crippen LogP contribution in [0.4, 0.5) is 0 Å². The molecule has 3 aliphatic rings. The van der Waals surface area contributed by atoms with Gasteiger partial charge in [0.2, 0.25) is 5.91 Å². The molecule has 1 N–H and O–H groups in total. The van der Waals surface area contributed by atoms with Gasteiger partial charge < -0.3 is 10.2 Å². The molecule has 2 aliphatic carbocycles. The van der Waals surface area contributed by atoms with Crippen LogP contribution in [0.25, 0.3) is 0 Å². The molecule has 0 atom stereocenters. The van der Waals surface area contributed by atoms with Gasteiger partial charge >= 0.3 is 0 Å². The summed E-state index contributed by atoms with van der Waals surface area (Å²) in [5.41, 5.74) is 4.54. The minimum atomic E-state index is -0.313. The standard InChI is InChI=1S/C29H38N2O/c32-27(29(15-7-2-8-16-29)25-11-3-1-4-12-25)30-20-9-21-31-22-18-28(19-23-31)17-14-24-10-5-6-13-26(24)28/h1,3-6,10-13H,2,7-9,14-23H2,(H,30,32). The van der Waals surface area contributed by atoms with Gasteiger partial charge in [-0.05, 0) is 86.7 Å². The third-order valence-electron chi connectivity index (χ3n) is 8.68. The fraction of sp³-hybridized carbons (Fsp3) is 0.552. The number of hydrogen-bond donors (Lipinski definition) is 1. The zero-order valence-electron chi connectivity index (χ0n) is 19.5. The second kappa shape index (κ2) is 9.39. The number of likely N-dealkylation sites (tertiary alicyclic amines) is 1. The summed E-state index contributed by atoms with van der Waals surface area (Å²) < 4.78 is 0. The Hall–Kier alpha value is -2.13. The maximum absolute atomic E-state index is 13.3. The van der Waals surface area contributed by atoms with Crippen LogP contribution in [0.2, 0.25) is 0 Å². The first-order valence-corrected chi connectivity index (χ1v) is 12.9. The average molecular weight is 431 g/mol. The van der Waals surface area contributed by atoms with Crippen molar-refractivity contribution in [1.82, 2.24) is 10.2 Å². The molecular weight excluding hydrogens is 392 g/mol. The number of benzene rings is 2. The zero-order valence-corrected chi connectivity index (χ0v) is 19.5. The summed E-state index contributed by atoms with van der Waals surface area (Å²) in [5.74, 6) is 0.253. The predicted molar refractivity (Wildman–Crippen MR) is 131 cm³/mol. The predicted octanol–water partition coefficient (Wildman–Crippen LogP) is 5.37. The van der Waals surface area contributed by atoms with Crippen molar-refractivity contribution in [3.63, 3.8) is 0 Å². The molecule has 2 fully saturated rings. The highest BCUT2D eigenvalue weighted by molar-refractivity contribution is 5.88. The van der Waals surface area contributed by atoms with Crippen molar-refractivity contribution in [2.75, 3.05) is 26.2 Å². The summed E-state index contributed by atoms with van der Waals surface area (Å²) in [6.07, 6.45) is 11.7. The summed E-state index contributed by atoms with van der Waals surface area (Å²) in [6.45, 7) is 4.26. The van der Waals surface area contributed by atoms with E-state index in [-0.39, 0.29) is 11.3 Å². The molecule has 1 amide bonds. The molecule has 0 aromatic heterocycles. The molecule has 0 radical (unpaired) electrons. The van der Waals surface area contributed by atoms with Crippen LogP contribution in [-0.2, 0) is 22.0 Å². The Morgan fingerprint density at radius 3 is 2.34 bits per heavy atom. The summed E-state index contributed by atoms with van der Waals surface area (Å²) >= 11 is 0. The van der Waals surface area contributed by atoms with Gasteiger partial charge in [-0.1, -0.05) is 73.9 Å². The molecule has 1 saturated heterocycles. The molecule has 5 rings (SSSR count). The molecule has 3 heteroatoms. The molecule has 0 bridgehead atoms. The first kappa shape index (κ1) is 21.7. The maximum atomic E-state index is 13.3. The van der Waals surface area contributed by atoms with Crippen LogP contribution in [0.5, 0.6) is 0 Å². The lowest BCUT2D eigenvalue weighted by Gasteiger charge is -2.40. The third-order valence-corrected chi connectivity index (χ3v) is 8.68. The SMILES string of the molecule is O=C(NCCCN1CCC2(CCc3ccccc32)CC1)C1(c2ccccc2)CCCCC1. The number of amides is 1. The van der Waals surface area contributed by atoms with Gasteiger partial charge in [0.15, 0.2) is 0 Å². The Morgan fingerprint density at radius 1 is 0.844 bits per heavy atom. The third kappa shape index (κ3) is 4.12. The molecule has 1 heterocycles. The van der Waals surface area contributed by atoms with Gasteiger partial charge in [0, 0.05) is 6.54 Å². The second-order valence-corrected chi connectivity index (χ2v) is 10.4. The van der Waals surface area contributed by atoms with Crippen molar-refractivity contribution >= 4 is 5.91 Å². The first-order valence-electron chi connectivity index (χ1n) is 12.9. The first-order chi connectivity index (χ1) is 15.7. The van der Waals surface area contributed by atoms with E-state index < -0.39 is 0 Å². The molecular formula is C29H38N2O. The summed E-state index contributed by atoms with van der Waals surface area (Å²) in [4.78, 5) is 16.0. The largest absolute Gasteiger partial charge is 0.355 e. The topological polar surface area (TPSA) is 32.3 Å². The van der Waals surface area contributed by atoms with E-state index in [1.54, 1.807) is 11.1 Å². The Labute approximate surface area is 193 Å². The van der Waals surface area contributed by atoms with Crippen LogP contribution in [0, 0.1) is 0 Å². The number of nitrogens with zero attached hydrogens (tertiary/aromatic N) is 1. The second-order valence-electron chi connectivity index (χ2n) is 10.4. The quantitative estimate of drug-likeness (QED) is 0.625. The number of hydrogen-bond acceptors (Lipinski definition) is 2. The Bertz CT molecular complexity index is 908. The van der Waals surface area contributed by atoms with E-state index in [9.17, 15) is 4.79 Å². The van der Waals surface area contributed by atoms with Crippen LogP contribution in [0.3, 0.4) is 0 Å². The van der Waals surface area contributed by atoms with Crippen molar-refractivity contribution in [3.05, 3.63) is 71.3 Å². The normalized spacial score (nSPS) is 21.9. The van der Waals surface area contributed by atoms with Gasteiger partial charge in [-0.2, -0.15) is 0 Å². The molecule has 1 saturated carbocycles. The Kier molecular flexibility index (Phi) is 6.37. The lowest BCUT2D eigenvalue weighted by Crippen LogP contribution is -2.47. The van der Waals surface area contributed by atoms with Crippen LogP contribution in [0.15, 0.2) is 54.6 Å². The highest BCUT2D eigenvalue weighted by atomic mass is 16.2. The fourth-order valence-electron chi connectivity index (χ4n) is 6.72. The summed E-state index contributed by atoms with van der Waals surface area (Å²) in [5, 5.41) is 3.33. The molecule has 2 aromatic rings. The molecule has 3 nitrogen and oxygen atoms in total. The van der Waals surface area contributed by atoms with Crippen molar-refractivity contribution in [3.8, 4) is 0 Å². The van der Waals surface area contributed by atoms with Gasteiger partial charge in [0.05, 0.1) is 5.41 Å². The summed E-state index contributed by atoms with van der Waals surface area (Å²) in [6, 6.07) is 19.6. The Morgan fingerprint density at radius 2 is 1.56 bits per heavy atom. The number of carbonyl (C=O) groups excluding carboxylic acids is 1. The molecule has 1 spiro atoms. The van der Waals surface area contributed by atoms with Gasteiger partial charge in [-0.3, -0.25) is 4.79 Å². The van der Waals surface area contributed by atoms with Crippen LogP contribution < -0.4 is 5.32 Å². The number of aryl methyl sites for hydroxylation is 1. The number of fused-ring (bicyclic) bond motifs is 2. The monoisotopic (exact) mass is 430 g/mol. The molecule has 1 aliphatic heterocycles. The van der Waals surface area contributed by atoms with Crippen LogP contribution >= 0.6 is 0 Å². The van der Waals surface area contributed by atoms with Gasteiger partial charge in [0.25, 0.3) is 0 Å². The van der Waals surface area contributed by atoms with Crippen LogP contribution in [0.1, 0.15) is 74.5 Å². The minimum Gasteiger partial charge on any atom is -0.355 e. The highest BCUT2D eigenvalue weighted by Gasteiger charge is 2.42. The van der Waals surface area contributed by atoms with E-state index in [4.69, 9.17) is 0 Å². The molecule has 32 heavy (non-hydrogen) atoms. The van der Waals surface area contributed by atoms with E-state index in [0.29, 0.717) is 5.41 Å². The van der Waals surface area contributed by atoms with E-state index >= 15 is 0 Å².